The Hall–Kier alpha value is -2.12. The lowest BCUT2D eigenvalue weighted by Crippen LogP contribution is -2.41. The molecule has 7 heteroatoms. The van der Waals surface area contributed by atoms with E-state index in [0.29, 0.717) is 32.6 Å². The third-order valence-electron chi connectivity index (χ3n) is 5.19. The molecule has 1 heterocycles. The highest BCUT2D eigenvalue weighted by Crippen LogP contribution is 2.47. The largest absolute Gasteiger partial charge is 0.378 e. The van der Waals surface area contributed by atoms with Crippen LogP contribution in [0.15, 0.2) is 24.3 Å². The molecule has 2 aliphatic rings. The predicted molar refractivity (Wildman–Crippen MR) is 106 cm³/mol. The number of anilines is 2. The van der Waals surface area contributed by atoms with E-state index in [4.69, 9.17) is 4.74 Å². The lowest BCUT2D eigenvalue weighted by Gasteiger charge is -2.30. The van der Waals surface area contributed by atoms with E-state index in [9.17, 15) is 9.59 Å². The van der Waals surface area contributed by atoms with Crippen molar-refractivity contribution in [2.24, 2.45) is 5.41 Å². The summed E-state index contributed by atoms with van der Waals surface area (Å²) >= 11 is 0. The third-order valence-corrected chi connectivity index (χ3v) is 5.19. The first-order valence-electron chi connectivity index (χ1n) is 9.69. The Morgan fingerprint density at radius 3 is 2.52 bits per heavy atom. The van der Waals surface area contributed by atoms with Crippen molar-refractivity contribution < 1.29 is 14.3 Å². The molecule has 0 radical (unpaired) electrons. The summed E-state index contributed by atoms with van der Waals surface area (Å²) in [4.78, 5) is 29.8. The van der Waals surface area contributed by atoms with Crippen molar-refractivity contribution in [2.45, 2.75) is 19.3 Å². The van der Waals surface area contributed by atoms with Gasteiger partial charge in [0.1, 0.15) is 5.41 Å². The molecule has 2 amide bonds. The van der Waals surface area contributed by atoms with Gasteiger partial charge in [0, 0.05) is 19.6 Å². The number of para-hydroxylation sites is 2. The zero-order chi connectivity index (χ0) is 19.3. The number of hydrogen-bond acceptors (Lipinski definition) is 5. The highest BCUT2D eigenvalue weighted by atomic mass is 16.5. The molecule has 1 saturated heterocycles. The van der Waals surface area contributed by atoms with Crippen LogP contribution in [-0.2, 0) is 14.3 Å². The molecule has 1 aliphatic heterocycles. The van der Waals surface area contributed by atoms with Crippen molar-refractivity contribution in [2.75, 3.05) is 63.7 Å². The van der Waals surface area contributed by atoms with Crippen LogP contribution < -0.4 is 15.5 Å². The van der Waals surface area contributed by atoms with Gasteiger partial charge >= 0.3 is 0 Å². The summed E-state index contributed by atoms with van der Waals surface area (Å²) in [5, 5.41) is 5.94. The van der Waals surface area contributed by atoms with Crippen molar-refractivity contribution >= 4 is 23.2 Å². The molecule has 7 nitrogen and oxygen atoms in total. The molecular weight excluding hydrogens is 344 g/mol. The van der Waals surface area contributed by atoms with E-state index in [1.54, 1.807) is 0 Å². The zero-order valence-corrected chi connectivity index (χ0v) is 16.3. The number of morpholine rings is 1. The van der Waals surface area contributed by atoms with Gasteiger partial charge in [0.05, 0.1) is 24.6 Å². The summed E-state index contributed by atoms with van der Waals surface area (Å²) < 4.78 is 5.41. The standard InChI is InChI=1S/C20H30N4O3/c1-23(2)11-5-10-21-18(25)20(8-9-20)19(26)22-16-6-3-4-7-17(16)24-12-14-27-15-13-24/h3-4,6-7H,5,8-15H2,1-2H3,(H,21,25)(H,22,26). The molecule has 0 bridgehead atoms. The number of amides is 2. The third kappa shape index (κ3) is 4.78. The fraction of sp³-hybridized carbons (Fsp3) is 0.600. The second kappa shape index (κ2) is 8.71. The van der Waals surface area contributed by atoms with Crippen LogP contribution in [0.4, 0.5) is 11.4 Å². The minimum Gasteiger partial charge on any atom is -0.378 e. The maximum absolute atomic E-state index is 12.9. The first-order valence-corrected chi connectivity index (χ1v) is 9.69. The smallest absolute Gasteiger partial charge is 0.240 e. The van der Waals surface area contributed by atoms with Gasteiger partial charge in [-0.3, -0.25) is 9.59 Å². The first kappa shape index (κ1) is 19.6. The van der Waals surface area contributed by atoms with Gasteiger partial charge in [-0.1, -0.05) is 12.1 Å². The molecule has 3 rings (SSSR count). The van der Waals surface area contributed by atoms with Crippen LogP contribution in [0, 0.1) is 5.41 Å². The fourth-order valence-corrected chi connectivity index (χ4v) is 3.35. The number of carbonyl (C=O) groups is 2. The maximum Gasteiger partial charge on any atom is 0.240 e. The van der Waals surface area contributed by atoms with Crippen LogP contribution in [0.3, 0.4) is 0 Å². The second-order valence-electron chi connectivity index (χ2n) is 7.57. The summed E-state index contributed by atoms with van der Waals surface area (Å²) in [7, 11) is 4.01. The molecule has 0 unspecified atom stereocenters. The molecule has 1 saturated carbocycles. The highest BCUT2D eigenvalue weighted by Gasteiger charge is 2.56. The monoisotopic (exact) mass is 374 g/mol. The summed E-state index contributed by atoms with van der Waals surface area (Å²) in [5.41, 5.74) is 0.836. The number of rotatable bonds is 8. The van der Waals surface area contributed by atoms with Gasteiger partial charge < -0.3 is 25.2 Å². The highest BCUT2D eigenvalue weighted by molar-refractivity contribution is 6.13. The number of nitrogens with one attached hydrogen (secondary N) is 2. The Balaban J connectivity index is 1.61. The first-order chi connectivity index (χ1) is 13.0. The van der Waals surface area contributed by atoms with E-state index >= 15 is 0 Å². The maximum atomic E-state index is 12.9. The van der Waals surface area contributed by atoms with E-state index < -0.39 is 5.41 Å². The molecule has 2 N–H and O–H groups in total. The van der Waals surface area contributed by atoms with Crippen LogP contribution >= 0.6 is 0 Å². The summed E-state index contributed by atoms with van der Waals surface area (Å²) in [6.07, 6.45) is 2.09. The van der Waals surface area contributed by atoms with Gasteiger partial charge in [-0.25, -0.2) is 0 Å². The van der Waals surface area contributed by atoms with E-state index in [1.807, 2.05) is 38.4 Å². The average Bonchev–Trinajstić information content (AvgIpc) is 3.48. The molecule has 0 atom stereocenters. The minimum atomic E-state index is -0.907. The van der Waals surface area contributed by atoms with Crippen LogP contribution in [-0.4, -0.2) is 70.2 Å². The fourth-order valence-electron chi connectivity index (χ4n) is 3.35. The van der Waals surface area contributed by atoms with Crippen LogP contribution in [0.2, 0.25) is 0 Å². The van der Waals surface area contributed by atoms with Crippen LogP contribution in [0.1, 0.15) is 19.3 Å². The van der Waals surface area contributed by atoms with Gasteiger partial charge in [-0.05, 0) is 52.0 Å². The second-order valence-corrected chi connectivity index (χ2v) is 7.57. The lowest BCUT2D eigenvalue weighted by molar-refractivity contribution is -0.134. The minimum absolute atomic E-state index is 0.150. The molecule has 1 aromatic rings. The molecule has 148 valence electrons. The van der Waals surface area contributed by atoms with Gasteiger partial charge in [0.15, 0.2) is 0 Å². The molecular formula is C20H30N4O3. The van der Waals surface area contributed by atoms with Crippen molar-refractivity contribution in [3.63, 3.8) is 0 Å². The Labute approximate surface area is 161 Å². The molecule has 0 spiro atoms. The van der Waals surface area contributed by atoms with E-state index in [1.165, 1.54) is 0 Å². The lowest BCUT2D eigenvalue weighted by atomic mass is 10.0. The summed E-state index contributed by atoms with van der Waals surface area (Å²) in [5.74, 6) is -0.351. The summed E-state index contributed by atoms with van der Waals surface area (Å²) in [6.45, 7) is 4.46. The van der Waals surface area contributed by atoms with E-state index in [0.717, 1.165) is 37.4 Å². The normalized spacial score (nSPS) is 18.3. The Bertz CT molecular complexity index is 667. The number of benzene rings is 1. The molecule has 1 aromatic carbocycles. The number of nitrogens with zero attached hydrogens (tertiary/aromatic N) is 2. The Kier molecular flexibility index (Phi) is 6.34. The number of hydrogen-bond donors (Lipinski definition) is 2. The molecule has 2 fully saturated rings. The quantitative estimate of drug-likeness (QED) is 0.530. The van der Waals surface area contributed by atoms with Crippen molar-refractivity contribution in [1.29, 1.82) is 0 Å². The molecule has 0 aromatic heterocycles. The van der Waals surface area contributed by atoms with Gasteiger partial charge in [0.25, 0.3) is 0 Å². The zero-order valence-electron chi connectivity index (χ0n) is 16.3. The van der Waals surface area contributed by atoms with Crippen LogP contribution in [0.25, 0.3) is 0 Å². The van der Waals surface area contributed by atoms with Gasteiger partial charge in [-0.15, -0.1) is 0 Å². The van der Waals surface area contributed by atoms with Crippen molar-refractivity contribution in [1.82, 2.24) is 10.2 Å². The number of carbonyl (C=O) groups excluding carboxylic acids is 2. The average molecular weight is 374 g/mol. The molecule has 1 aliphatic carbocycles. The van der Waals surface area contributed by atoms with E-state index in [2.05, 4.69) is 20.4 Å². The molecule has 27 heavy (non-hydrogen) atoms. The SMILES string of the molecule is CN(C)CCCNC(=O)C1(C(=O)Nc2ccccc2N2CCOCC2)CC1. The number of ether oxygens (including phenoxy) is 1. The summed E-state index contributed by atoms with van der Waals surface area (Å²) in [6, 6.07) is 7.76. The Morgan fingerprint density at radius 2 is 1.85 bits per heavy atom. The van der Waals surface area contributed by atoms with Gasteiger partial charge in [-0.2, -0.15) is 0 Å². The van der Waals surface area contributed by atoms with Crippen molar-refractivity contribution in [3.8, 4) is 0 Å². The predicted octanol–water partition coefficient (Wildman–Crippen LogP) is 1.31. The van der Waals surface area contributed by atoms with Gasteiger partial charge in [0.2, 0.25) is 11.8 Å². The van der Waals surface area contributed by atoms with E-state index in [-0.39, 0.29) is 11.8 Å². The van der Waals surface area contributed by atoms with Crippen molar-refractivity contribution in [3.05, 3.63) is 24.3 Å². The van der Waals surface area contributed by atoms with Crippen LogP contribution in [0.5, 0.6) is 0 Å². The topological polar surface area (TPSA) is 73.9 Å². The Morgan fingerprint density at radius 1 is 1.15 bits per heavy atom.